The average Bonchev–Trinajstić information content (AvgIpc) is 2.38. The lowest BCUT2D eigenvalue weighted by Gasteiger charge is -2.20. The van der Waals surface area contributed by atoms with E-state index in [9.17, 15) is 4.79 Å². The molecule has 80 valence electrons. The summed E-state index contributed by atoms with van der Waals surface area (Å²) in [7, 11) is 0. The molecule has 2 aliphatic rings. The van der Waals surface area contributed by atoms with Gasteiger partial charge in [-0.2, -0.15) is 0 Å². The fourth-order valence-electron chi connectivity index (χ4n) is 3.27. The summed E-state index contributed by atoms with van der Waals surface area (Å²) < 4.78 is 5.24. The highest BCUT2D eigenvalue weighted by Crippen LogP contribution is 2.48. The average molecular weight is 197 g/mol. The number of carbonyl (C=O) groups is 1. The van der Waals surface area contributed by atoms with E-state index in [4.69, 9.17) is 10.5 Å². The zero-order valence-corrected chi connectivity index (χ0v) is 8.95. The third-order valence-corrected chi connectivity index (χ3v) is 3.59. The molecule has 0 spiro atoms. The highest BCUT2D eigenvalue weighted by atomic mass is 16.5. The Balaban J connectivity index is 1.90. The lowest BCUT2D eigenvalue weighted by Crippen LogP contribution is -2.33. The van der Waals surface area contributed by atoms with Gasteiger partial charge in [-0.3, -0.25) is 4.79 Å². The summed E-state index contributed by atoms with van der Waals surface area (Å²) in [5.41, 5.74) is 6.13. The summed E-state index contributed by atoms with van der Waals surface area (Å²) in [5, 5.41) is 0. The molecule has 0 heterocycles. The standard InChI is InChI=1S/C11H19NO2/c1-7(13)14-10-3-8-5-11(2,12)6-9(8)4-10/h8-10H,3-6,12H2,1-2H3/t8-,9+,10?,11-. The van der Waals surface area contributed by atoms with Crippen molar-refractivity contribution in [2.75, 3.05) is 0 Å². The molecule has 14 heavy (non-hydrogen) atoms. The molecular formula is C11H19NO2. The van der Waals surface area contributed by atoms with Crippen molar-refractivity contribution < 1.29 is 9.53 Å². The van der Waals surface area contributed by atoms with Gasteiger partial charge in [0, 0.05) is 12.5 Å². The van der Waals surface area contributed by atoms with E-state index < -0.39 is 0 Å². The smallest absolute Gasteiger partial charge is 0.302 e. The molecule has 2 aliphatic carbocycles. The molecule has 2 rings (SSSR count). The minimum atomic E-state index is -0.148. The summed E-state index contributed by atoms with van der Waals surface area (Å²) in [4.78, 5) is 10.8. The third kappa shape index (κ3) is 1.92. The van der Waals surface area contributed by atoms with Crippen LogP contribution < -0.4 is 5.73 Å². The molecule has 2 saturated carbocycles. The maximum absolute atomic E-state index is 10.8. The van der Waals surface area contributed by atoms with Crippen molar-refractivity contribution in [3.8, 4) is 0 Å². The van der Waals surface area contributed by atoms with Gasteiger partial charge in [-0.1, -0.05) is 0 Å². The Labute approximate surface area is 85.0 Å². The Morgan fingerprint density at radius 2 is 1.86 bits per heavy atom. The van der Waals surface area contributed by atoms with Crippen molar-refractivity contribution in [3.63, 3.8) is 0 Å². The van der Waals surface area contributed by atoms with Crippen LogP contribution in [0.3, 0.4) is 0 Å². The van der Waals surface area contributed by atoms with Gasteiger partial charge in [0.1, 0.15) is 6.10 Å². The van der Waals surface area contributed by atoms with Crippen LogP contribution in [0.25, 0.3) is 0 Å². The molecule has 1 unspecified atom stereocenters. The van der Waals surface area contributed by atoms with Crippen molar-refractivity contribution in [2.24, 2.45) is 17.6 Å². The van der Waals surface area contributed by atoms with E-state index in [-0.39, 0.29) is 17.6 Å². The summed E-state index contributed by atoms with van der Waals surface area (Å²) in [5.74, 6) is 1.23. The minimum Gasteiger partial charge on any atom is -0.463 e. The monoisotopic (exact) mass is 197 g/mol. The fraction of sp³-hybridized carbons (Fsp3) is 0.909. The van der Waals surface area contributed by atoms with E-state index in [1.54, 1.807) is 0 Å². The molecule has 0 aromatic heterocycles. The second kappa shape index (κ2) is 3.23. The Morgan fingerprint density at radius 1 is 1.36 bits per heavy atom. The number of fused-ring (bicyclic) bond motifs is 1. The zero-order valence-electron chi connectivity index (χ0n) is 8.95. The van der Waals surface area contributed by atoms with Crippen molar-refractivity contribution in [3.05, 3.63) is 0 Å². The first-order valence-electron chi connectivity index (χ1n) is 5.42. The van der Waals surface area contributed by atoms with Gasteiger partial charge in [0.2, 0.25) is 0 Å². The van der Waals surface area contributed by atoms with Gasteiger partial charge in [0.05, 0.1) is 0 Å². The van der Waals surface area contributed by atoms with E-state index in [0.29, 0.717) is 11.8 Å². The van der Waals surface area contributed by atoms with Crippen LogP contribution >= 0.6 is 0 Å². The molecule has 0 aromatic carbocycles. The van der Waals surface area contributed by atoms with Gasteiger partial charge < -0.3 is 10.5 Å². The molecule has 0 saturated heterocycles. The van der Waals surface area contributed by atoms with Crippen molar-refractivity contribution in [2.45, 2.75) is 51.2 Å². The first kappa shape index (κ1) is 9.97. The number of carbonyl (C=O) groups excluding carboxylic acids is 1. The van der Waals surface area contributed by atoms with Gasteiger partial charge in [0.15, 0.2) is 0 Å². The fourth-order valence-corrected chi connectivity index (χ4v) is 3.27. The molecule has 3 nitrogen and oxygen atoms in total. The highest BCUT2D eigenvalue weighted by molar-refractivity contribution is 5.66. The number of ether oxygens (including phenoxy) is 1. The van der Waals surface area contributed by atoms with E-state index in [0.717, 1.165) is 25.7 Å². The second-order valence-corrected chi connectivity index (χ2v) is 5.29. The summed E-state index contributed by atoms with van der Waals surface area (Å²) in [6, 6.07) is 0. The predicted octanol–water partition coefficient (Wildman–Crippen LogP) is 1.46. The van der Waals surface area contributed by atoms with Crippen molar-refractivity contribution in [1.29, 1.82) is 0 Å². The summed E-state index contributed by atoms with van der Waals surface area (Å²) >= 11 is 0. The van der Waals surface area contributed by atoms with Crippen LogP contribution in [0.1, 0.15) is 39.5 Å². The topological polar surface area (TPSA) is 52.3 Å². The quantitative estimate of drug-likeness (QED) is 0.647. The zero-order chi connectivity index (χ0) is 10.3. The van der Waals surface area contributed by atoms with Crippen LogP contribution in [0.15, 0.2) is 0 Å². The largest absolute Gasteiger partial charge is 0.463 e. The minimum absolute atomic E-state index is 0.0243. The van der Waals surface area contributed by atoms with Gasteiger partial charge in [-0.05, 0) is 44.4 Å². The van der Waals surface area contributed by atoms with Crippen LogP contribution in [0.5, 0.6) is 0 Å². The van der Waals surface area contributed by atoms with Crippen LogP contribution in [-0.4, -0.2) is 17.6 Å². The van der Waals surface area contributed by atoms with Crippen molar-refractivity contribution >= 4 is 5.97 Å². The maximum atomic E-state index is 10.8. The predicted molar refractivity (Wildman–Crippen MR) is 53.6 cm³/mol. The maximum Gasteiger partial charge on any atom is 0.302 e. The van der Waals surface area contributed by atoms with E-state index in [2.05, 4.69) is 6.92 Å². The molecule has 3 heteroatoms. The Hall–Kier alpha value is -0.570. The molecule has 0 bridgehead atoms. The Kier molecular flexibility index (Phi) is 2.30. The Morgan fingerprint density at radius 3 is 2.29 bits per heavy atom. The molecule has 0 radical (unpaired) electrons. The third-order valence-electron chi connectivity index (χ3n) is 3.59. The van der Waals surface area contributed by atoms with E-state index >= 15 is 0 Å². The first-order chi connectivity index (χ1) is 6.46. The molecule has 2 N–H and O–H groups in total. The second-order valence-electron chi connectivity index (χ2n) is 5.29. The van der Waals surface area contributed by atoms with Crippen molar-refractivity contribution in [1.82, 2.24) is 0 Å². The summed E-state index contributed by atoms with van der Waals surface area (Å²) in [6.07, 6.45) is 4.40. The normalized spacial score (nSPS) is 46.4. The SMILES string of the molecule is CC(=O)OC1C[C@@H]2C[C@@](C)(N)C[C@@H]2C1. The van der Waals surface area contributed by atoms with Gasteiger partial charge in [-0.25, -0.2) is 0 Å². The van der Waals surface area contributed by atoms with Crippen LogP contribution in [-0.2, 0) is 9.53 Å². The Bertz CT molecular complexity index is 234. The van der Waals surface area contributed by atoms with Crippen LogP contribution in [0.4, 0.5) is 0 Å². The number of hydrogen-bond donors (Lipinski definition) is 1. The summed E-state index contributed by atoms with van der Waals surface area (Å²) in [6.45, 7) is 3.62. The first-order valence-corrected chi connectivity index (χ1v) is 5.42. The molecule has 0 aromatic rings. The number of rotatable bonds is 1. The molecular weight excluding hydrogens is 178 g/mol. The van der Waals surface area contributed by atoms with Gasteiger partial charge in [-0.15, -0.1) is 0 Å². The molecule has 0 amide bonds. The van der Waals surface area contributed by atoms with Crippen LogP contribution in [0, 0.1) is 11.8 Å². The van der Waals surface area contributed by atoms with Crippen LogP contribution in [0.2, 0.25) is 0 Å². The molecule has 2 fully saturated rings. The number of hydrogen-bond acceptors (Lipinski definition) is 3. The lowest BCUT2D eigenvalue weighted by atomic mass is 9.97. The van der Waals surface area contributed by atoms with Gasteiger partial charge in [0.25, 0.3) is 0 Å². The molecule has 4 atom stereocenters. The van der Waals surface area contributed by atoms with E-state index in [1.165, 1.54) is 6.92 Å². The van der Waals surface area contributed by atoms with Gasteiger partial charge >= 0.3 is 5.97 Å². The number of nitrogens with two attached hydrogens (primary N) is 1. The highest BCUT2D eigenvalue weighted by Gasteiger charge is 2.46. The lowest BCUT2D eigenvalue weighted by molar-refractivity contribution is -0.146. The van der Waals surface area contributed by atoms with E-state index in [1.807, 2.05) is 0 Å². The number of esters is 1. The molecule has 0 aliphatic heterocycles.